The highest BCUT2D eigenvalue weighted by atomic mass is 16.5. The molecule has 5 aromatic carbocycles. The van der Waals surface area contributed by atoms with E-state index in [1.54, 1.807) is 0 Å². The lowest BCUT2D eigenvalue weighted by molar-refractivity contribution is 0.424. The van der Waals surface area contributed by atoms with Gasteiger partial charge in [-0.2, -0.15) is 11.4 Å². The van der Waals surface area contributed by atoms with Gasteiger partial charge in [0, 0.05) is 27.5 Å². The first-order valence-corrected chi connectivity index (χ1v) is 20.4. The number of benzene rings is 5. The SMILES string of the molecule is C[N-]c1cc(C(C)(C)C)cc2c1[N-]c1c(ccc3ccc(-c4c(C)cc(C)cc4C)nc13)C2(C)C.C[N-]c1cc(C)cc2c1Oc1c(ccc3cc(C)[n-]c13)C2(C)C. The lowest BCUT2D eigenvalue weighted by Gasteiger charge is -2.48. The van der Waals surface area contributed by atoms with Gasteiger partial charge in [0.2, 0.25) is 0 Å². The van der Waals surface area contributed by atoms with Crippen LogP contribution in [0.15, 0.2) is 78.9 Å². The molecule has 0 aliphatic carbocycles. The molecule has 0 atom stereocenters. The molecule has 58 heavy (non-hydrogen) atoms. The third-order valence-corrected chi connectivity index (χ3v) is 12.4. The zero-order chi connectivity index (χ0) is 41.6. The number of rotatable bonds is 3. The van der Waals surface area contributed by atoms with Crippen molar-refractivity contribution in [2.75, 3.05) is 14.1 Å². The summed E-state index contributed by atoms with van der Waals surface area (Å²) in [6.07, 6.45) is 0. The van der Waals surface area contributed by atoms with E-state index in [1.165, 1.54) is 55.6 Å². The number of hydrogen-bond acceptors (Lipinski definition) is 2. The number of ether oxygens (including phenoxy) is 1. The van der Waals surface area contributed by atoms with Crippen molar-refractivity contribution in [3.8, 4) is 22.8 Å². The molecule has 0 N–H and O–H groups in total. The van der Waals surface area contributed by atoms with Crippen LogP contribution >= 0.6 is 0 Å². The molecule has 6 nitrogen and oxygen atoms in total. The maximum absolute atomic E-state index is 6.36. The summed E-state index contributed by atoms with van der Waals surface area (Å²) in [4.78, 5) is 9.92. The Morgan fingerprint density at radius 2 is 1.22 bits per heavy atom. The van der Waals surface area contributed by atoms with Crippen molar-refractivity contribution in [2.45, 2.75) is 99.3 Å². The summed E-state index contributed by atoms with van der Waals surface area (Å²) in [5.74, 6) is 1.74. The fourth-order valence-corrected chi connectivity index (χ4v) is 9.17. The first-order valence-electron chi connectivity index (χ1n) is 20.4. The van der Waals surface area contributed by atoms with Gasteiger partial charge >= 0.3 is 0 Å². The second kappa shape index (κ2) is 13.7. The minimum atomic E-state index is -0.214. The largest absolute Gasteiger partial charge is 0.688 e. The molecule has 0 amide bonds. The third kappa shape index (κ3) is 6.29. The van der Waals surface area contributed by atoms with Gasteiger partial charge in [0.25, 0.3) is 0 Å². The summed E-state index contributed by atoms with van der Waals surface area (Å²) in [6, 6.07) is 28.5. The van der Waals surface area contributed by atoms with E-state index in [9.17, 15) is 0 Å². The van der Waals surface area contributed by atoms with Crippen LogP contribution in [0, 0.1) is 34.6 Å². The lowest BCUT2D eigenvalue weighted by atomic mass is 9.71. The molecule has 0 spiro atoms. The van der Waals surface area contributed by atoms with Crippen molar-refractivity contribution in [3.63, 3.8) is 0 Å². The molecule has 0 fully saturated rings. The smallest absolute Gasteiger partial charge is 0.117 e. The maximum atomic E-state index is 6.36. The van der Waals surface area contributed by atoms with Gasteiger partial charge < -0.3 is 25.7 Å². The molecular weight excluding hydrogens is 711 g/mol. The number of aromatic nitrogens is 2. The van der Waals surface area contributed by atoms with E-state index >= 15 is 0 Å². The van der Waals surface area contributed by atoms with Crippen LogP contribution in [0.3, 0.4) is 0 Å². The van der Waals surface area contributed by atoms with Gasteiger partial charge in [-0.1, -0.05) is 162 Å². The minimum Gasteiger partial charge on any atom is -0.688 e. The summed E-state index contributed by atoms with van der Waals surface area (Å²) in [7, 11) is 3.68. The zero-order valence-corrected chi connectivity index (χ0v) is 36.6. The summed E-state index contributed by atoms with van der Waals surface area (Å²) in [5, 5.41) is 16.6. The van der Waals surface area contributed by atoms with Gasteiger partial charge in [-0.05, 0) is 66.6 Å². The van der Waals surface area contributed by atoms with Crippen LogP contribution in [0.1, 0.15) is 104 Å². The zero-order valence-electron chi connectivity index (χ0n) is 36.6. The summed E-state index contributed by atoms with van der Waals surface area (Å²) in [5.41, 5.74) is 19.7. The second-order valence-electron chi connectivity index (χ2n) is 18.5. The maximum Gasteiger partial charge on any atom is 0.117 e. The van der Waals surface area contributed by atoms with Gasteiger partial charge in [-0.25, -0.2) is 4.98 Å². The van der Waals surface area contributed by atoms with Crippen molar-refractivity contribution in [2.24, 2.45) is 0 Å². The van der Waals surface area contributed by atoms with Gasteiger partial charge in [0.1, 0.15) is 11.5 Å². The molecular formula is C52H55N5O-4. The molecule has 0 bridgehead atoms. The quantitative estimate of drug-likeness (QED) is 0.180. The normalized spacial score (nSPS) is 14.6. The van der Waals surface area contributed by atoms with Crippen molar-refractivity contribution in [1.82, 2.24) is 9.97 Å². The highest BCUT2D eigenvalue weighted by Crippen LogP contribution is 2.58. The molecule has 4 heterocycles. The standard InChI is InChI=1S/C32H35N3.C20H20N2O/c1-18-14-19(2)27(20(3)15-18)25-13-11-21-10-12-23-30(28(21)34-25)35-29-24(32(23,7)8)16-22(31(4,5)6)17-26(29)33-9;1-11-8-15-18(16(9-11)21-5)23-19-14(20(15,3)4)7-6-13-10-12(2)22-17(13)19/h10-17H,1-9H3;6-10H,1-5H3/q2*-2. The van der Waals surface area contributed by atoms with E-state index in [0.717, 1.165) is 67.4 Å². The average molecular weight is 766 g/mol. The Morgan fingerprint density at radius 3 is 1.90 bits per heavy atom. The molecule has 9 rings (SSSR count). The van der Waals surface area contributed by atoms with Crippen LogP contribution in [-0.2, 0) is 16.2 Å². The van der Waals surface area contributed by atoms with Crippen LogP contribution in [0.2, 0.25) is 0 Å². The van der Waals surface area contributed by atoms with E-state index < -0.39 is 0 Å². The van der Waals surface area contributed by atoms with E-state index in [2.05, 4.69) is 171 Å². The van der Waals surface area contributed by atoms with Gasteiger partial charge in [0.15, 0.2) is 0 Å². The van der Waals surface area contributed by atoms with Crippen molar-refractivity contribution < 1.29 is 4.74 Å². The fourth-order valence-electron chi connectivity index (χ4n) is 9.17. The van der Waals surface area contributed by atoms with E-state index in [1.807, 2.05) is 21.0 Å². The number of pyridine rings is 1. The molecule has 0 unspecified atom stereocenters. The van der Waals surface area contributed by atoms with Crippen molar-refractivity contribution in [3.05, 3.63) is 151 Å². The van der Waals surface area contributed by atoms with Gasteiger partial charge in [0.05, 0.1) is 11.2 Å². The summed E-state index contributed by atoms with van der Waals surface area (Å²) in [6.45, 7) is 26.5. The van der Waals surface area contributed by atoms with Crippen LogP contribution < -0.4 is 9.72 Å². The van der Waals surface area contributed by atoms with E-state index in [0.29, 0.717) is 0 Å². The lowest BCUT2D eigenvalue weighted by Crippen LogP contribution is -2.24. The Labute approximate surface area is 344 Å². The predicted octanol–water partition coefficient (Wildman–Crippen LogP) is 15.2. The van der Waals surface area contributed by atoms with Gasteiger partial charge in [-0.3, -0.25) is 0 Å². The molecule has 2 aliphatic rings. The number of fused-ring (bicyclic) bond motifs is 8. The minimum absolute atomic E-state index is 0.0361. The predicted molar refractivity (Wildman–Crippen MR) is 245 cm³/mol. The molecule has 6 heteroatoms. The molecule has 298 valence electrons. The monoisotopic (exact) mass is 765 g/mol. The number of nitrogens with zero attached hydrogens (tertiary/aromatic N) is 5. The van der Waals surface area contributed by atoms with Gasteiger partial charge in [-0.15, -0.1) is 25.5 Å². The summed E-state index contributed by atoms with van der Waals surface area (Å²) >= 11 is 0. The summed E-state index contributed by atoms with van der Waals surface area (Å²) < 4.78 is 6.36. The van der Waals surface area contributed by atoms with Crippen molar-refractivity contribution in [1.29, 1.82) is 0 Å². The highest BCUT2D eigenvalue weighted by molar-refractivity contribution is 6.03. The second-order valence-corrected chi connectivity index (χ2v) is 18.5. The Bertz CT molecular complexity index is 2770. The first-order chi connectivity index (χ1) is 27.3. The van der Waals surface area contributed by atoms with Crippen molar-refractivity contribution >= 4 is 44.6 Å². The van der Waals surface area contributed by atoms with Crippen LogP contribution in [-0.4, -0.2) is 19.1 Å². The average Bonchev–Trinajstić information content (AvgIpc) is 3.55. The van der Waals surface area contributed by atoms with E-state index in [4.69, 9.17) is 15.0 Å². The molecule has 0 saturated heterocycles. The van der Waals surface area contributed by atoms with Crippen LogP contribution in [0.4, 0.5) is 22.7 Å². The van der Waals surface area contributed by atoms with E-state index in [-0.39, 0.29) is 16.2 Å². The number of aryl methyl sites for hydroxylation is 5. The third-order valence-electron chi connectivity index (χ3n) is 12.4. The Balaban J connectivity index is 0.000000176. The fraction of sp³-hybridized carbons (Fsp3) is 0.327. The Hall–Kier alpha value is -5.75. The Morgan fingerprint density at radius 1 is 0.603 bits per heavy atom. The molecule has 2 aromatic heterocycles. The highest BCUT2D eigenvalue weighted by Gasteiger charge is 2.35. The van der Waals surface area contributed by atoms with Crippen LogP contribution in [0.5, 0.6) is 11.5 Å². The van der Waals surface area contributed by atoms with Crippen LogP contribution in [0.25, 0.3) is 49.0 Å². The molecule has 7 aromatic rings. The molecule has 0 saturated carbocycles. The molecule has 0 radical (unpaired) electrons. The number of hydrogen-bond donors (Lipinski definition) is 0. The topological polar surface area (TPSA) is 78.5 Å². The molecule has 2 aliphatic heterocycles. The Kier molecular flexibility index (Phi) is 9.22. The first kappa shape index (κ1) is 39.1.